The van der Waals surface area contributed by atoms with E-state index in [-0.39, 0.29) is 11.1 Å². The van der Waals surface area contributed by atoms with E-state index in [2.05, 4.69) is 15.3 Å². The molecule has 2 rings (SSSR count). The van der Waals surface area contributed by atoms with Gasteiger partial charge in [-0.25, -0.2) is 14.4 Å². The van der Waals surface area contributed by atoms with Crippen LogP contribution in [0.25, 0.3) is 0 Å². The van der Waals surface area contributed by atoms with Crippen LogP contribution in [0.1, 0.15) is 19.4 Å². The summed E-state index contributed by atoms with van der Waals surface area (Å²) >= 11 is 5.63. The van der Waals surface area contributed by atoms with Crippen molar-refractivity contribution in [3.05, 3.63) is 47.1 Å². The molecule has 0 unspecified atom stereocenters. The summed E-state index contributed by atoms with van der Waals surface area (Å²) in [7, 11) is 0. The molecule has 5 heteroatoms. The topological polar surface area (TPSA) is 37.8 Å². The molecular weight excluding hydrogens is 253 g/mol. The average molecular weight is 268 g/mol. The Morgan fingerprint density at radius 1 is 1.22 bits per heavy atom. The van der Waals surface area contributed by atoms with Crippen LogP contribution in [-0.2, 0) is 0 Å². The first-order chi connectivity index (χ1) is 8.65. The Balaban J connectivity index is 0.000000771. The maximum absolute atomic E-state index is 13.4. The molecule has 0 aliphatic heterocycles. The Hall–Kier alpha value is -1.68. The first kappa shape index (κ1) is 14.4. The van der Waals surface area contributed by atoms with Gasteiger partial charge < -0.3 is 5.32 Å². The van der Waals surface area contributed by atoms with Crippen LogP contribution < -0.4 is 5.32 Å². The number of nitrogens with one attached hydrogen (secondary N) is 1. The summed E-state index contributed by atoms with van der Waals surface area (Å²) in [5.41, 5.74) is 1.33. The molecule has 0 aliphatic rings. The number of benzene rings is 1. The van der Waals surface area contributed by atoms with Crippen LogP contribution in [-0.4, -0.2) is 9.97 Å². The highest BCUT2D eigenvalue weighted by Crippen LogP contribution is 2.20. The predicted octanol–water partition coefficient (Wildman–Crippen LogP) is 4.35. The summed E-state index contributed by atoms with van der Waals surface area (Å²) in [5.74, 6) is 0.129. The molecule has 2 aromatic rings. The van der Waals surface area contributed by atoms with Gasteiger partial charge in [-0.15, -0.1) is 0 Å². The Morgan fingerprint density at radius 2 is 1.94 bits per heavy atom. The van der Waals surface area contributed by atoms with Gasteiger partial charge in [0, 0.05) is 6.20 Å². The fourth-order valence-corrected chi connectivity index (χ4v) is 1.42. The summed E-state index contributed by atoms with van der Waals surface area (Å²) in [6.45, 7) is 5.89. The first-order valence-corrected chi connectivity index (χ1v) is 6.04. The summed E-state index contributed by atoms with van der Waals surface area (Å²) in [6, 6.07) is 6.42. The van der Waals surface area contributed by atoms with Crippen molar-refractivity contribution in [1.29, 1.82) is 0 Å². The molecule has 0 aliphatic carbocycles. The molecule has 0 saturated heterocycles. The molecule has 1 N–H and O–H groups in total. The van der Waals surface area contributed by atoms with E-state index in [1.165, 1.54) is 12.3 Å². The summed E-state index contributed by atoms with van der Waals surface area (Å²) < 4.78 is 13.4. The van der Waals surface area contributed by atoms with Crippen molar-refractivity contribution in [2.24, 2.45) is 0 Å². The van der Waals surface area contributed by atoms with Crippen molar-refractivity contribution in [3.8, 4) is 0 Å². The Kier molecular flexibility index (Phi) is 5.52. The summed E-state index contributed by atoms with van der Waals surface area (Å²) in [5, 5.41) is 2.97. The third-order valence-electron chi connectivity index (χ3n) is 2.01. The van der Waals surface area contributed by atoms with E-state index in [1.54, 1.807) is 18.2 Å². The van der Waals surface area contributed by atoms with Gasteiger partial charge in [0.2, 0.25) is 5.28 Å². The second-order valence-electron chi connectivity index (χ2n) is 3.32. The number of nitrogens with zero attached hydrogens (tertiary/aromatic N) is 2. The number of hydrogen-bond acceptors (Lipinski definition) is 3. The van der Waals surface area contributed by atoms with Crippen LogP contribution in [0.5, 0.6) is 0 Å². The highest BCUT2D eigenvalue weighted by Gasteiger charge is 2.03. The molecule has 0 atom stereocenters. The number of rotatable bonds is 2. The fourth-order valence-electron chi connectivity index (χ4n) is 1.28. The third-order valence-corrected chi connectivity index (χ3v) is 2.19. The van der Waals surface area contributed by atoms with Crippen LogP contribution in [0, 0.1) is 12.7 Å². The lowest BCUT2D eigenvalue weighted by Crippen LogP contribution is -1.97. The van der Waals surface area contributed by atoms with Crippen LogP contribution in [0.15, 0.2) is 30.5 Å². The zero-order chi connectivity index (χ0) is 13.5. The second-order valence-corrected chi connectivity index (χ2v) is 3.66. The largest absolute Gasteiger partial charge is 0.338 e. The van der Waals surface area contributed by atoms with Gasteiger partial charge in [-0.05, 0) is 42.3 Å². The van der Waals surface area contributed by atoms with E-state index < -0.39 is 0 Å². The summed E-state index contributed by atoms with van der Waals surface area (Å²) in [6.07, 6.45) is 1.51. The lowest BCUT2D eigenvalue weighted by atomic mass is 10.2. The van der Waals surface area contributed by atoms with Gasteiger partial charge in [0.15, 0.2) is 0 Å². The van der Waals surface area contributed by atoms with E-state index in [9.17, 15) is 4.39 Å². The molecule has 0 radical (unpaired) electrons. The SMILES string of the molecule is CC.Cc1ccc(F)c(Nc2ccnc(Cl)n2)c1. The van der Waals surface area contributed by atoms with E-state index in [0.717, 1.165) is 5.56 Å². The molecule has 0 fully saturated rings. The minimum Gasteiger partial charge on any atom is -0.338 e. The molecule has 3 nitrogen and oxygen atoms in total. The smallest absolute Gasteiger partial charge is 0.224 e. The molecule has 0 bridgehead atoms. The van der Waals surface area contributed by atoms with E-state index >= 15 is 0 Å². The van der Waals surface area contributed by atoms with Gasteiger partial charge in [0.25, 0.3) is 0 Å². The highest BCUT2D eigenvalue weighted by molar-refractivity contribution is 6.28. The number of anilines is 2. The minimum atomic E-state index is -0.333. The quantitative estimate of drug-likeness (QED) is 0.822. The van der Waals surface area contributed by atoms with Gasteiger partial charge in [0.1, 0.15) is 11.6 Å². The Labute approximate surface area is 111 Å². The Bertz CT molecular complexity index is 517. The minimum absolute atomic E-state index is 0.123. The zero-order valence-electron chi connectivity index (χ0n) is 10.5. The lowest BCUT2D eigenvalue weighted by molar-refractivity contribution is 0.631. The monoisotopic (exact) mass is 267 g/mol. The fraction of sp³-hybridized carbons (Fsp3) is 0.231. The standard InChI is InChI=1S/C11H9ClFN3.C2H6/c1-7-2-3-8(13)9(6-7)15-10-4-5-14-11(12)16-10;1-2/h2-6H,1H3,(H,14,15,16);1-2H3. The van der Waals surface area contributed by atoms with Crippen molar-refractivity contribution in [3.63, 3.8) is 0 Å². The average Bonchev–Trinajstić information content (AvgIpc) is 2.36. The molecule has 96 valence electrons. The highest BCUT2D eigenvalue weighted by atomic mass is 35.5. The molecule has 1 aromatic carbocycles. The van der Waals surface area contributed by atoms with Crippen molar-refractivity contribution in [2.45, 2.75) is 20.8 Å². The van der Waals surface area contributed by atoms with Crippen LogP contribution in [0.3, 0.4) is 0 Å². The normalized spacial score (nSPS) is 9.39. The molecule has 1 aromatic heterocycles. The van der Waals surface area contributed by atoms with E-state index in [4.69, 9.17) is 11.6 Å². The first-order valence-electron chi connectivity index (χ1n) is 5.67. The second kappa shape index (κ2) is 6.91. The number of hydrogen-bond donors (Lipinski definition) is 1. The van der Waals surface area contributed by atoms with Crippen LogP contribution in [0.2, 0.25) is 5.28 Å². The number of halogens is 2. The number of aromatic nitrogens is 2. The van der Waals surface area contributed by atoms with Gasteiger partial charge in [-0.3, -0.25) is 0 Å². The molecule has 0 spiro atoms. The molecule has 1 heterocycles. The van der Waals surface area contributed by atoms with E-state index in [1.807, 2.05) is 20.8 Å². The molecular formula is C13H15ClFN3. The molecule has 18 heavy (non-hydrogen) atoms. The van der Waals surface area contributed by atoms with Gasteiger partial charge in [0.05, 0.1) is 5.69 Å². The van der Waals surface area contributed by atoms with Crippen molar-refractivity contribution in [1.82, 2.24) is 9.97 Å². The van der Waals surface area contributed by atoms with E-state index in [0.29, 0.717) is 11.5 Å². The maximum Gasteiger partial charge on any atom is 0.224 e. The Morgan fingerprint density at radius 3 is 2.61 bits per heavy atom. The maximum atomic E-state index is 13.4. The van der Waals surface area contributed by atoms with Crippen LogP contribution in [0.4, 0.5) is 15.9 Å². The molecule has 0 amide bonds. The zero-order valence-corrected chi connectivity index (χ0v) is 11.3. The van der Waals surface area contributed by atoms with Crippen molar-refractivity contribution >= 4 is 23.1 Å². The van der Waals surface area contributed by atoms with Crippen LogP contribution >= 0.6 is 11.6 Å². The van der Waals surface area contributed by atoms with Gasteiger partial charge >= 0.3 is 0 Å². The van der Waals surface area contributed by atoms with Gasteiger partial charge in [-0.2, -0.15) is 0 Å². The lowest BCUT2D eigenvalue weighted by Gasteiger charge is -2.07. The van der Waals surface area contributed by atoms with Crippen molar-refractivity contribution in [2.75, 3.05) is 5.32 Å². The predicted molar refractivity (Wildman–Crippen MR) is 72.8 cm³/mol. The van der Waals surface area contributed by atoms with Crippen molar-refractivity contribution < 1.29 is 4.39 Å². The third kappa shape index (κ3) is 3.96. The molecule has 0 saturated carbocycles. The van der Waals surface area contributed by atoms with Gasteiger partial charge in [-0.1, -0.05) is 19.9 Å². The summed E-state index contributed by atoms with van der Waals surface area (Å²) in [4.78, 5) is 7.66. The number of aryl methyl sites for hydroxylation is 1.